The van der Waals surface area contributed by atoms with Crippen molar-refractivity contribution in [3.63, 3.8) is 0 Å². The van der Waals surface area contributed by atoms with Gasteiger partial charge in [0.1, 0.15) is 12.4 Å². The predicted octanol–water partition coefficient (Wildman–Crippen LogP) is 3.49. The zero-order valence-electron chi connectivity index (χ0n) is 12.3. The van der Waals surface area contributed by atoms with Crippen molar-refractivity contribution in [3.05, 3.63) is 65.9 Å². The fourth-order valence-corrected chi connectivity index (χ4v) is 2.50. The molecule has 3 rings (SSSR count). The fourth-order valence-electron chi connectivity index (χ4n) is 2.50. The molecule has 3 heteroatoms. The third-order valence-corrected chi connectivity index (χ3v) is 3.69. The molecule has 0 saturated carbocycles. The molecular formula is C18H20N2O. The minimum Gasteiger partial charge on any atom is -0.492 e. The van der Waals surface area contributed by atoms with Gasteiger partial charge in [0.05, 0.1) is 6.54 Å². The first-order chi connectivity index (χ1) is 10.3. The highest BCUT2D eigenvalue weighted by Gasteiger charge is 2.01. The van der Waals surface area contributed by atoms with E-state index in [1.54, 1.807) is 0 Å². The number of hydrogen-bond donors (Lipinski definition) is 1. The molecule has 0 bridgehead atoms. The van der Waals surface area contributed by atoms with Crippen molar-refractivity contribution in [1.82, 2.24) is 4.57 Å². The van der Waals surface area contributed by atoms with Gasteiger partial charge in [-0.2, -0.15) is 0 Å². The highest BCUT2D eigenvalue weighted by atomic mass is 16.5. The molecule has 0 aliphatic heterocycles. The lowest BCUT2D eigenvalue weighted by molar-refractivity contribution is 0.300. The van der Waals surface area contributed by atoms with E-state index in [4.69, 9.17) is 10.5 Å². The van der Waals surface area contributed by atoms with E-state index in [0.29, 0.717) is 13.2 Å². The molecule has 0 atom stereocenters. The molecule has 0 fully saturated rings. The van der Waals surface area contributed by atoms with Crippen LogP contribution in [-0.4, -0.2) is 11.2 Å². The third-order valence-electron chi connectivity index (χ3n) is 3.69. The summed E-state index contributed by atoms with van der Waals surface area (Å²) in [6, 6.07) is 16.6. The largest absolute Gasteiger partial charge is 0.492 e. The summed E-state index contributed by atoms with van der Waals surface area (Å²) in [7, 11) is 0. The van der Waals surface area contributed by atoms with Gasteiger partial charge >= 0.3 is 0 Å². The quantitative estimate of drug-likeness (QED) is 0.777. The van der Waals surface area contributed by atoms with Crippen LogP contribution < -0.4 is 10.5 Å². The Morgan fingerprint density at radius 3 is 2.62 bits per heavy atom. The second kappa shape index (κ2) is 6.02. The van der Waals surface area contributed by atoms with Crippen LogP contribution >= 0.6 is 0 Å². The first-order valence-corrected chi connectivity index (χ1v) is 7.23. The summed E-state index contributed by atoms with van der Waals surface area (Å²) >= 11 is 0. The predicted molar refractivity (Wildman–Crippen MR) is 86.5 cm³/mol. The number of nitrogens with two attached hydrogens (primary N) is 1. The average Bonchev–Trinajstić information content (AvgIpc) is 2.90. The molecule has 0 unspecified atom stereocenters. The molecule has 2 N–H and O–H groups in total. The average molecular weight is 280 g/mol. The molecule has 0 amide bonds. The Bertz CT molecular complexity index is 729. The smallest absolute Gasteiger partial charge is 0.119 e. The standard InChI is InChI=1S/C18H20N2O/c1-14-2-7-18-16(12-14)8-9-20(18)10-11-21-17-5-3-15(13-19)4-6-17/h2-9,12H,10-11,13,19H2,1H3. The molecular weight excluding hydrogens is 260 g/mol. The first-order valence-electron chi connectivity index (χ1n) is 7.23. The van der Waals surface area contributed by atoms with Crippen LogP contribution in [0.4, 0.5) is 0 Å². The molecule has 3 aromatic rings. The van der Waals surface area contributed by atoms with Gasteiger partial charge < -0.3 is 15.0 Å². The number of fused-ring (bicyclic) bond motifs is 1. The number of benzene rings is 2. The van der Waals surface area contributed by atoms with Crippen LogP contribution in [0.3, 0.4) is 0 Å². The Kier molecular flexibility index (Phi) is 3.93. The number of ether oxygens (including phenoxy) is 1. The van der Waals surface area contributed by atoms with Gasteiger partial charge in [-0.25, -0.2) is 0 Å². The summed E-state index contributed by atoms with van der Waals surface area (Å²) in [6.07, 6.45) is 2.12. The molecule has 108 valence electrons. The summed E-state index contributed by atoms with van der Waals surface area (Å²) in [4.78, 5) is 0. The normalized spacial score (nSPS) is 11.0. The minimum atomic E-state index is 0.565. The van der Waals surface area contributed by atoms with Gasteiger partial charge in [-0.15, -0.1) is 0 Å². The first kappa shape index (κ1) is 13.7. The molecule has 2 aromatic carbocycles. The summed E-state index contributed by atoms with van der Waals surface area (Å²) in [5.74, 6) is 0.888. The molecule has 3 nitrogen and oxygen atoms in total. The summed E-state index contributed by atoms with van der Waals surface area (Å²) in [6.45, 7) is 4.17. The van der Waals surface area contributed by atoms with Crippen molar-refractivity contribution < 1.29 is 4.74 Å². The van der Waals surface area contributed by atoms with Crippen LogP contribution in [0.5, 0.6) is 5.75 Å². The highest BCUT2D eigenvalue weighted by Crippen LogP contribution is 2.18. The maximum atomic E-state index is 5.79. The van der Waals surface area contributed by atoms with Crippen molar-refractivity contribution in [2.24, 2.45) is 5.73 Å². The van der Waals surface area contributed by atoms with Crippen LogP contribution in [0.15, 0.2) is 54.7 Å². The van der Waals surface area contributed by atoms with Crippen LogP contribution in [0, 0.1) is 6.92 Å². The zero-order chi connectivity index (χ0) is 14.7. The molecule has 0 saturated heterocycles. The van der Waals surface area contributed by atoms with Gasteiger partial charge in [0.15, 0.2) is 0 Å². The molecule has 0 radical (unpaired) electrons. The van der Waals surface area contributed by atoms with E-state index in [1.807, 2.05) is 24.3 Å². The summed E-state index contributed by atoms with van der Waals surface area (Å²) in [5.41, 5.74) is 9.24. The second-order valence-corrected chi connectivity index (χ2v) is 5.27. The zero-order valence-corrected chi connectivity index (χ0v) is 12.3. The number of hydrogen-bond acceptors (Lipinski definition) is 2. The Labute approximate surface area is 125 Å². The Morgan fingerprint density at radius 1 is 1.05 bits per heavy atom. The number of nitrogens with zero attached hydrogens (tertiary/aromatic N) is 1. The SMILES string of the molecule is Cc1ccc2c(ccn2CCOc2ccc(CN)cc2)c1. The van der Waals surface area contributed by atoms with Crippen molar-refractivity contribution in [2.45, 2.75) is 20.0 Å². The van der Waals surface area contributed by atoms with E-state index in [2.05, 4.69) is 42.0 Å². The highest BCUT2D eigenvalue weighted by molar-refractivity contribution is 5.80. The maximum absolute atomic E-state index is 5.79. The lowest BCUT2D eigenvalue weighted by atomic mass is 10.2. The van der Waals surface area contributed by atoms with E-state index >= 15 is 0 Å². The van der Waals surface area contributed by atoms with E-state index in [1.165, 1.54) is 16.5 Å². The van der Waals surface area contributed by atoms with E-state index in [-0.39, 0.29) is 0 Å². The fraction of sp³-hybridized carbons (Fsp3) is 0.222. The number of aryl methyl sites for hydroxylation is 1. The van der Waals surface area contributed by atoms with Gasteiger partial charge in [0, 0.05) is 18.3 Å². The molecule has 0 aliphatic rings. The molecule has 1 aromatic heterocycles. The number of rotatable bonds is 5. The molecule has 21 heavy (non-hydrogen) atoms. The van der Waals surface area contributed by atoms with Gasteiger partial charge in [0.25, 0.3) is 0 Å². The lowest BCUT2D eigenvalue weighted by Crippen LogP contribution is -2.07. The van der Waals surface area contributed by atoms with E-state index < -0.39 is 0 Å². The third kappa shape index (κ3) is 3.09. The molecule has 0 aliphatic carbocycles. The van der Waals surface area contributed by atoms with E-state index in [0.717, 1.165) is 17.9 Å². The Hall–Kier alpha value is -2.26. The molecule has 0 spiro atoms. The second-order valence-electron chi connectivity index (χ2n) is 5.27. The van der Waals surface area contributed by atoms with Crippen molar-refractivity contribution in [3.8, 4) is 5.75 Å². The topological polar surface area (TPSA) is 40.2 Å². The van der Waals surface area contributed by atoms with Crippen molar-refractivity contribution in [1.29, 1.82) is 0 Å². The van der Waals surface area contributed by atoms with Gasteiger partial charge in [0.2, 0.25) is 0 Å². The Balaban J connectivity index is 1.63. The monoisotopic (exact) mass is 280 g/mol. The molecule has 1 heterocycles. The van der Waals surface area contributed by atoms with Crippen LogP contribution in [0.1, 0.15) is 11.1 Å². The van der Waals surface area contributed by atoms with Crippen LogP contribution in [0.2, 0.25) is 0 Å². The van der Waals surface area contributed by atoms with Crippen LogP contribution in [0.25, 0.3) is 10.9 Å². The Morgan fingerprint density at radius 2 is 1.86 bits per heavy atom. The lowest BCUT2D eigenvalue weighted by Gasteiger charge is -2.09. The summed E-state index contributed by atoms with van der Waals surface area (Å²) in [5, 5.41) is 1.28. The van der Waals surface area contributed by atoms with Crippen LogP contribution in [-0.2, 0) is 13.1 Å². The maximum Gasteiger partial charge on any atom is 0.119 e. The number of aromatic nitrogens is 1. The minimum absolute atomic E-state index is 0.565. The van der Waals surface area contributed by atoms with E-state index in [9.17, 15) is 0 Å². The van der Waals surface area contributed by atoms with Crippen molar-refractivity contribution >= 4 is 10.9 Å². The van der Waals surface area contributed by atoms with Gasteiger partial charge in [-0.3, -0.25) is 0 Å². The van der Waals surface area contributed by atoms with Gasteiger partial charge in [-0.1, -0.05) is 23.8 Å². The summed E-state index contributed by atoms with van der Waals surface area (Å²) < 4.78 is 8.02. The van der Waals surface area contributed by atoms with Gasteiger partial charge in [-0.05, 0) is 48.2 Å². The van der Waals surface area contributed by atoms with Crippen molar-refractivity contribution in [2.75, 3.05) is 6.61 Å².